The summed E-state index contributed by atoms with van der Waals surface area (Å²) in [5.74, 6) is 0. The molecule has 0 aliphatic heterocycles. The molecule has 0 saturated carbocycles. The minimum absolute atomic E-state index is 0.0654. The number of nitrogens with one attached hydrogen (secondary N) is 1. The van der Waals surface area contributed by atoms with Gasteiger partial charge in [-0.05, 0) is 33.4 Å². The molecule has 0 spiro atoms. The third-order valence-corrected chi connectivity index (χ3v) is 3.02. The van der Waals surface area contributed by atoms with Crippen LogP contribution in [-0.4, -0.2) is 36.7 Å². The van der Waals surface area contributed by atoms with Crippen molar-refractivity contribution in [1.29, 1.82) is 0 Å². The third kappa shape index (κ3) is 6.25. The van der Waals surface area contributed by atoms with Gasteiger partial charge in [-0.3, -0.25) is 0 Å². The summed E-state index contributed by atoms with van der Waals surface area (Å²) in [6, 6.07) is 10.2. The molecule has 4 heteroatoms. The van der Waals surface area contributed by atoms with Crippen LogP contribution < -0.4 is 5.32 Å². The molecule has 1 aromatic carbocycles. The number of hydrogen-bond acceptors (Lipinski definition) is 3. The lowest BCUT2D eigenvalue weighted by atomic mass is 10.2. The van der Waals surface area contributed by atoms with E-state index in [-0.39, 0.29) is 12.1 Å². The number of rotatable bonds is 6. The van der Waals surface area contributed by atoms with E-state index >= 15 is 0 Å². The lowest BCUT2D eigenvalue weighted by Crippen LogP contribution is -2.42. The average molecular weight is 264 g/mol. The van der Waals surface area contributed by atoms with Gasteiger partial charge in [0, 0.05) is 18.6 Å². The van der Waals surface area contributed by atoms with Crippen LogP contribution in [0.1, 0.15) is 26.3 Å². The molecule has 0 saturated heterocycles. The van der Waals surface area contributed by atoms with Gasteiger partial charge in [0.2, 0.25) is 0 Å². The fourth-order valence-corrected chi connectivity index (χ4v) is 1.65. The highest BCUT2D eigenvalue weighted by molar-refractivity contribution is 5.67. The molecule has 106 valence electrons. The first-order chi connectivity index (χ1) is 8.99. The quantitative estimate of drug-likeness (QED) is 0.859. The van der Waals surface area contributed by atoms with Crippen molar-refractivity contribution in [2.75, 3.05) is 13.6 Å². The highest BCUT2D eigenvalue weighted by atomic mass is 16.5. The molecule has 1 rings (SSSR count). The van der Waals surface area contributed by atoms with E-state index in [0.29, 0.717) is 12.6 Å². The van der Waals surface area contributed by atoms with Crippen LogP contribution in [0.3, 0.4) is 0 Å². The number of likely N-dealkylation sites (N-methyl/N-ethyl adjacent to an activating group) is 1. The smallest absolute Gasteiger partial charge is 0.407 e. The van der Waals surface area contributed by atoms with Gasteiger partial charge in [-0.15, -0.1) is 0 Å². The van der Waals surface area contributed by atoms with E-state index in [2.05, 4.69) is 24.1 Å². The largest absolute Gasteiger partial charge is 0.445 e. The van der Waals surface area contributed by atoms with Crippen LogP contribution >= 0.6 is 0 Å². The number of carbonyl (C=O) groups is 1. The molecule has 0 radical (unpaired) electrons. The Morgan fingerprint density at radius 2 is 1.89 bits per heavy atom. The lowest BCUT2D eigenvalue weighted by Gasteiger charge is -2.25. The molecule has 0 aromatic heterocycles. The van der Waals surface area contributed by atoms with Crippen molar-refractivity contribution in [3.8, 4) is 0 Å². The highest BCUT2D eigenvalue weighted by Gasteiger charge is 2.12. The number of nitrogens with zero attached hydrogens (tertiary/aromatic N) is 1. The van der Waals surface area contributed by atoms with Crippen LogP contribution in [0.5, 0.6) is 0 Å². The first-order valence-electron chi connectivity index (χ1n) is 6.66. The van der Waals surface area contributed by atoms with Gasteiger partial charge in [0.15, 0.2) is 0 Å². The fourth-order valence-electron chi connectivity index (χ4n) is 1.65. The zero-order chi connectivity index (χ0) is 14.3. The van der Waals surface area contributed by atoms with Gasteiger partial charge >= 0.3 is 6.09 Å². The Labute approximate surface area is 115 Å². The Morgan fingerprint density at radius 1 is 1.26 bits per heavy atom. The summed E-state index contributed by atoms with van der Waals surface area (Å²) in [5, 5.41) is 2.83. The Morgan fingerprint density at radius 3 is 2.47 bits per heavy atom. The van der Waals surface area contributed by atoms with Crippen molar-refractivity contribution < 1.29 is 9.53 Å². The summed E-state index contributed by atoms with van der Waals surface area (Å²) in [4.78, 5) is 13.8. The molecule has 0 aliphatic rings. The van der Waals surface area contributed by atoms with Crippen LogP contribution in [0, 0.1) is 0 Å². The minimum atomic E-state index is -0.367. The van der Waals surface area contributed by atoms with Gasteiger partial charge in [-0.1, -0.05) is 30.3 Å². The van der Waals surface area contributed by atoms with E-state index in [1.807, 2.05) is 44.3 Å². The minimum Gasteiger partial charge on any atom is -0.445 e. The molecule has 4 nitrogen and oxygen atoms in total. The molecule has 0 bridgehead atoms. The summed E-state index contributed by atoms with van der Waals surface area (Å²) in [5.41, 5.74) is 0.990. The predicted molar refractivity (Wildman–Crippen MR) is 77.0 cm³/mol. The Balaban J connectivity index is 2.27. The number of alkyl carbamates (subject to hydrolysis) is 1. The second kappa shape index (κ2) is 7.79. The number of amides is 1. The first-order valence-corrected chi connectivity index (χ1v) is 6.66. The van der Waals surface area contributed by atoms with Gasteiger partial charge in [0.25, 0.3) is 0 Å². The fraction of sp³-hybridized carbons (Fsp3) is 0.533. The van der Waals surface area contributed by atoms with Crippen molar-refractivity contribution in [2.45, 2.75) is 39.5 Å². The molecule has 1 N–H and O–H groups in total. The monoisotopic (exact) mass is 264 g/mol. The summed E-state index contributed by atoms with van der Waals surface area (Å²) >= 11 is 0. The van der Waals surface area contributed by atoms with Crippen LogP contribution in [0.2, 0.25) is 0 Å². The maximum atomic E-state index is 11.6. The standard InChI is InChI=1S/C15H24N2O2/c1-12(2)17(4)10-13(3)16-15(18)19-11-14-8-6-5-7-9-14/h5-9,12-13H,10-11H2,1-4H3,(H,16,18)/t13-/m0/s1. The Bertz CT molecular complexity index is 379. The lowest BCUT2D eigenvalue weighted by molar-refractivity contribution is 0.132. The maximum Gasteiger partial charge on any atom is 0.407 e. The van der Waals surface area contributed by atoms with Crippen LogP contribution in [-0.2, 0) is 11.3 Å². The molecular formula is C15H24N2O2. The molecule has 1 atom stereocenters. The summed E-state index contributed by atoms with van der Waals surface area (Å²) < 4.78 is 5.17. The molecule has 1 amide bonds. The second-order valence-electron chi connectivity index (χ2n) is 5.14. The normalized spacial score (nSPS) is 12.5. The van der Waals surface area contributed by atoms with E-state index in [1.54, 1.807) is 0 Å². The van der Waals surface area contributed by atoms with Crippen LogP contribution in [0.4, 0.5) is 4.79 Å². The summed E-state index contributed by atoms with van der Waals surface area (Å²) in [6.07, 6.45) is -0.367. The van der Waals surface area contributed by atoms with Crippen molar-refractivity contribution in [3.05, 3.63) is 35.9 Å². The van der Waals surface area contributed by atoms with E-state index in [1.165, 1.54) is 0 Å². The van der Waals surface area contributed by atoms with Crippen molar-refractivity contribution in [3.63, 3.8) is 0 Å². The van der Waals surface area contributed by atoms with Crippen LogP contribution in [0.15, 0.2) is 30.3 Å². The average Bonchev–Trinajstić information content (AvgIpc) is 2.37. The number of benzene rings is 1. The summed E-state index contributed by atoms with van der Waals surface area (Å²) in [6.45, 7) is 7.33. The maximum absolute atomic E-state index is 11.6. The topological polar surface area (TPSA) is 41.6 Å². The zero-order valence-electron chi connectivity index (χ0n) is 12.2. The molecule has 0 aliphatic carbocycles. The molecule has 0 unspecified atom stereocenters. The number of ether oxygens (including phenoxy) is 1. The molecule has 1 aromatic rings. The molecule has 19 heavy (non-hydrogen) atoms. The van der Waals surface area contributed by atoms with E-state index in [4.69, 9.17) is 4.74 Å². The zero-order valence-corrected chi connectivity index (χ0v) is 12.2. The van der Waals surface area contributed by atoms with Gasteiger partial charge in [-0.2, -0.15) is 0 Å². The summed E-state index contributed by atoms with van der Waals surface area (Å²) in [7, 11) is 2.04. The molecule has 0 heterocycles. The Kier molecular flexibility index (Phi) is 6.36. The highest BCUT2D eigenvalue weighted by Crippen LogP contribution is 2.01. The number of hydrogen-bond donors (Lipinski definition) is 1. The van der Waals surface area contributed by atoms with Gasteiger partial charge in [-0.25, -0.2) is 4.79 Å². The Hall–Kier alpha value is -1.55. The van der Waals surface area contributed by atoms with Crippen LogP contribution in [0.25, 0.3) is 0 Å². The van der Waals surface area contributed by atoms with Gasteiger partial charge < -0.3 is 15.0 Å². The SMILES string of the molecule is CC(C)N(C)C[C@H](C)NC(=O)OCc1ccccc1. The first kappa shape index (κ1) is 15.5. The van der Waals surface area contributed by atoms with E-state index < -0.39 is 0 Å². The molecular weight excluding hydrogens is 240 g/mol. The van der Waals surface area contributed by atoms with Crippen molar-refractivity contribution in [2.24, 2.45) is 0 Å². The predicted octanol–water partition coefficient (Wildman–Crippen LogP) is 2.64. The van der Waals surface area contributed by atoms with Gasteiger partial charge in [0.1, 0.15) is 6.61 Å². The molecule has 0 fully saturated rings. The van der Waals surface area contributed by atoms with Crippen molar-refractivity contribution >= 4 is 6.09 Å². The third-order valence-electron chi connectivity index (χ3n) is 3.02. The van der Waals surface area contributed by atoms with E-state index in [9.17, 15) is 4.79 Å². The number of carbonyl (C=O) groups excluding carboxylic acids is 1. The van der Waals surface area contributed by atoms with Crippen molar-refractivity contribution in [1.82, 2.24) is 10.2 Å². The van der Waals surface area contributed by atoms with Gasteiger partial charge in [0.05, 0.1) is 0 Å². The van der Waals surface area contributed by atoms with E-state index in [0.717, 1.165) is 12.1 Å². The second-order valence-corrected chi connectivity index (χ2v) is 5.14.